The quantitative estimate of drug-likeness (QED) is 0.283. The van der Waals surface area contributed by atoms with Crippen molar-refractivity contribution in [3.05, 3.63) is 76.4 Å². The summed E-state index contributed by atoms with van der Waals surface area (Å²) in [6, 6.07) is 11.6. The number of carbonyl (C=O) groups excluding carboxylic acids is 2. The molecule has 0 aliphatic heterocycles. The lowest BCUT2D eigenvalue weighted by molar-refractivity contribution is 0.0699. The molecule has 0 saturated carbocycles. The SMILES string of the molecule is COc1ccc(C(=O)C=Cc2cccs2)c(OC(=O)c2ccco2)c1. The first-order valence-electron chi connectivity index (χ1n) is 7.37. The Kier molecular flexibility index (Phi) is 5.11. The minimum absolute atomic E-state index is 0.0512. The highest BCUT2D eigenvalue weighted by molar-refractivity contribution is 7.10. The van der Waals surface area contributed by atoms with E-state index >= 15 is 0 Å². The van der Waals surface area contributed by atoms with Crippen LogP contribution in [0, 0.1) is 0 Å². The minimum atomic E-state index is -0.686. The summed E-state index contributed by atoms with van der Waals surface area (Å²) in [5.41, 5.74) is 0.258. The van der Waals surface area contributed by atoms with Crippen molar-refractivity contribution < 1.29 is 23.5 Å². The number of ether oxygens (including phenoxy) is 2. The van der Waals surface area contributed by atoms with Gasteiger partial charge in [-0.1, -0.05) is 6.07 Å². The Morgan fingerprint density at radius 3 is 2.72 bits per heavy atom. The van der Waals surface area contributed by atoms with E-state index in [1.54, 1.807) is 24.3 Å². The van der Waals surface area contributed by atoms with Gasteiger partial charge in [0.2, 0.25) is 5.76 Å². The van der Waals surface area contributed by atoms with Gasteiger partial charge in [-0.05, 0) is 47.9 Å². The zero-order chi connectivity index (χ0) is 17.6. The van der Waals surface area contributed by atoms with Crippen LogP contribution in [-0.4, -0.2) is 18.9 Å². The van der Waals surface area contributed by atoms with Gasteiger partial charge in [0.15, 0.2) is 5.78 Å². The Balaban J connectivity index is 1.87. The highest BCUT2D eigenvalue weighted by Crippen LogP contribution is 2.27. The number of esters is 1. The average Bonchev–Trinajstić information content (AvgIpc) is 3.33. The number of hydrogen-bond donors (Lipinski definition) is 0. The molecule has 0 aliphatic carbocycles. The van der Waals surface area contributed by atoms with E-state index in [9.17, 15) is 9.59 Å². The lowest BCUT2D eigenvalue weighted by atomic mass is 10.1. The standard InChI is InChI=1S/C19H14O5S/c1-22-13-6-8-15(16(20)9-7-14-4-3-11-25-14)18(12-13)24-19(21)17-5-2-10-23-17/h2-12H,1H3. The van der Waals surface area contributed by atoms with Crippen molar-refractivity contribution in [2.24, 2.45) is 0 Å². The van der Waals surface area contributed by atoms with Crippen LogP contribution in [0.15, 0.2) is 64.6 Å². The van der Waals surface area contributed by atoms with Crippen molar-refractivity contribution in [3.8, 4) is 11.5 Å². The topological polar surface area (TPSA) is 65.7 Å². The Morgan fingerprint density at radius 2 is 2.04 bits per heavy atom. The van der Waals surface area contributed by atoms with Crippen LogP contribution in [0.25, 0.3) is 6.08 Å². The molecule has 3 rings (SSSR count). The molecule has 0 bridgehead atoms. The van der Waals surface area contributed by atoms with Crippen LogP contribution < -0.4 is 9.47 Å². The molecule has 0 amide bonds. The monoisotopic (exact) mass is 354 g/mol. The van der Waals surface area contributed by atoms with E-state index in [4.69, 9.17) is 13.9 Å². The highest BCUT2D eigenvalue weighted by Gasteiger charge is 2.17. The van der Waals surface area contributed by atoms with Crippen molar-refractivity contribution in [2.45, 2.75) is 0 Å². The van der Waals surface area contributed by atoms with Gasteiger partial charge in [-0.2, -0.15) is 0 Å². The number of furan rings is 1. The summed E-state index contributed by atoms with van der Waals surface area (Å²) >= 11 is 1.52. The van der Waals surface area contributed by atoms with E-state index < -0.39 is 5.97 Å². The van der Waals surface area contributed by atoms with Gasteiger partial charge in [0.25, 0.3) is 0 Å². The first-order chi connectivity index (χ1) is 12.2. The summed E-state index contributed by atoms with van der Waals surface area (Å²) in [7, 11) is 1.49. The molecule has 0 aliphatic rings. The number of rotatable bonds is 6. The zero-order valence-electron chi connectivity index (χ0n) is 13.3. The summed E-state index contributed by atoms with van der Waals surface area (Å²) in [6.07, 6.45) is 4.53. The second kappa shape index (κ2) is 7.63. The normalized spacial score (nSPS) is 10.8. The molecule has 2 aromatic heterocycles. The predicted octanol–water partition coefficient (Wildman–Crippen LogP) is 4.47. The molecular formula is C19H14O5S. The smallest absolute Gasteiger partial charge is 0.379 e. The van der Waals surface area contributed by atoms with Gasteiger partial charge in [0.1, 0.15) is 11.5 Å². The second-order valence-corrected chi connectivity index (χ2v) is 5.92. The van der Waals surface area contributed by atoms with E-state index in [0.29, 0.717) is 5.75 Å². The van der Waals surface area contributed by atoms with Crippen molar-refractivity contribution in [1.29, 1.82) is 0 Å². The van der Waals surface area contributed by atoms with Gasteiger partial charge in [0, 0.05) is 10.9 Å². The molecule has 1 aromatic carbocycles. The molecule has 0 radical (unpaired) electrons. The Morgan fingerprint density at radius 1 is 1.16 bits per heavy atom. The van der Waals surface area contributed by atoms with Gasteiger partial charge in [0.05, 0.1) is 18.9 Å². The van der Waals surface area contributed by atoms with Crippen LogP contribution in [0.1, 0.15) is 25.8 Å². The van der Waals surface area contributed by atoms with Gasteiger partial charge in [-0.15, -0.1) is 11.3 Å². The number of hydrogen-bond acceptors (Lipinski definition) is 6. The van der Waals surface area contributed by atoms with E-state index in [0.717, 1.165) is 4.88 Å². The molecular weight excluding hydrogens is 340 g/mol. The minimum Gasteiger partial charge on any atom is -0.497 e. The molecule has 6 heteroatoms. The molecule has 25 heavy (non-hydrogen) atoms. The maximum Gasteiger partial charge on any atom is 0.379 e. The lowest BCUT2D eigenvalue weighted by Crippen LogP contribution is -2.10. The molecule has 2 heterocycles. The number of carbonyl (C=O) groups is 2. The highest BCUT2D eigenvalue weighted by atomic mass is 32.1. The average molecular weight is 354 g/mol. The molecule has 0 atom stereocenters. The third kappa shape index (κ3) is 4.05. The van der Waals surface area contributed by atoms with Crippen LogP contribution in [0.5, 0.6) is 11.5 Å². The number of ketones is 1. The Labute approximate surface area is 148 Å². The van der Waals surface area contributed by atoms with E-state index in [2.05, 4.69) is 0 Å². The van der Waals surface area contributed by atoms with Gasteiger partial charge < -0.3 is 13.9 Å². The number of thiophene rings is 1. The molecule has 0 fully saturated rings. The van der Waals surface area contributed by atoms with Crippen molar-refractivity contribution in [2.75, 3.05) is 7.11 Å². The second-order valence-electron chi connectivity index (χ2n) is 4.94. The molecule has 5 nitrogen and oxygen atoms in total. The largest absolute Gasteiger partial charge is 0.497 e. The number of allylic oxidation sites excluding steroid dienone is 1. The molecule has 0 saturated heterocycles. The Hall–Kier alpha value is -3.12. The van der Waals surface area contributed by atoms with Crippen LogP contribution in [0.4, 0.5) is 0 Å². The molecule has 0 N–H and O–H groups in total. The Bertz CT molecular complexity index is 892. The van der Waals surface area contributed by atoms with E-state index in [1.807, 2.05) is 17.5 Å². The maximum absolute atomic E-state index is 12.5. The molecule has 126 valence electrons. The maximum atomic E-state index is 12.5. The fourth-order valence-corrected chi connectivity index (χ4v) is 2.71. The van der Waals surface area contributed by atoms with Crippen molar-refractivity contribution in [3.63, 3.8) is 0 Å². The summed E-state index contributed by atoms with van der Waals surface area (Å²) in [6.45, 7) is 0. The third-order valence-corrected chi connectivity index (χ3v) is 4.16. The summed E-state index contributed by atoms with van der Waals surface area (Å²) in [4.78, 5) is 25.6. The number of benzene rings is 1. The first kappa shape index (κ1) is 16.7. The molecule has 0 spiro atoms. The van der Waals surface area contributed by atoms with Crippen LogP contribution >= 0.6 is 11.3 Å². The first-order valence-corrected chi connectivity index (χ1v) is 8.25. The fraction of sp³-hybridized carbons (Fsp3) is 0.0526. The molecule has 3 aromatic rings. The summed E-state index contributed by atoms with van der Waals surface area (Å²) in [5.74, 6) is -0.328. The number of methoxy groups -OCH3 is 1. The van der Waals surface area contributed by atoms with Crippen molar-refractivity contribution >= 4 is 29.2 Å². The molecule has 0 unspecified atom stereocenters. The van der Waals surface area contributed by atoms with Gasteiger partial charge >= 0.3 is 5.97 Å². The van der Waals surface area contributed by atoms with Gasteiger partial charge in [-0.3, -0.25) is 4.79 Å². The summed E-state index contributed by atoms with van der Waals surface area (Å²) < 4.78 is 15.5. The van der Waals surface area contributed by atoms with Crippen molar-refractivity contribution in [1.82, 2.24) is 0 Å². The van der Waals surface area contributed by atoms with Crippen LogP contribution in [0.3, 0.4) is 0 Å². The predicted molar refractivity (Wildman–Crippen MR) is 94.3 cm³/mol. The van der Waals surface area contributed by atoms with Crippen LogP contribution in [0.2, 0.25) is 0 Å². The third-order valence-electron chi connectivity index (χ3n) is 3.32. The van der Waals surface area contributed by atoms with Gasteiger partial charge in [-0.25, -0.2) is 4.79 Å². The summed E-state index contributed by atoms with van der Waals surface area (Å²) in [5, 5.41) is 1.92. The lowest BCUT2D eigenvalue weighted by Gasteiger charge is -2.09. The van der Waals surface area contributed by atoms with E-state index in [1.165, 1.54) is 42.9 Å². The van der Waals surface area contributed by atoms with Crippen LogP contribution in [-0.2, 0) is 0 Å². The van der Waals surface area contributed by atoms with E-state index in [-0.39, 0.29) is 22.9 Å². The fourth-order valence-electron chi connectivity index (χ4n) is 2.10. The zero-order valence-corrected chi connectivity index (χ0v) is 14.1.